The van der Waals surface area contributed by atoms with Crippen LogP contribution in [0.5, 0.6) is 5.75 Å². The molecule has 0 radical (unpaired) electrons. The van der Waals surface area contributed by atoms with Crippen LogP contribution in [-0.4, -0.2) is 5.91 Å². The number of halogens is 8. The van der Waals surface area contributed by atoms with E-state index in [-0.39, 0.29) is 12.4 Å². The van der Waals surface area contributed by atoms with Gasteiger partial charge in [-0.15, -0.1) is 0 Å². The second-order valence-corrected chi connectivity index (χ2v) is 7.21. The Hall–Kier alpha value is -2.77. The van der Waals surface area contributed by atoms with Gasteiger partial charge >= 0.3 is 6.18 Å². The Bertz CT molecular complexity index is 1100. The molecule has 31 heavy (non-hydrogen) atoms. The normalized spacial score (nSPS) is 11.5. The van der Waals surface area contributed by atoms with Crippen molar-refractivity contribution in [3.05, 3.63) is 80.3 Å². The average Bonchev–Trinajstić information content (AvgIpc) is 3.17. The van der Waals surface area contributed by atoms with Crippen molar-refractivity contribution in [1.29, 1.82) is 0 Å². The number of furan rings is 1. The van der Waals surface area contributed by atoms with Crippen molar-refractivity contribution in [2.24, 2.45) is 0 Å². The number of alkyl halides is 3. The van der Waals surface area contributed by atoms with Gasteiger partial charge in [-0.2, -0.15) is 13.2 Å². The highest BCUT2D eigenvalue weighted by Crippen LogP contribution is 2.38. The molecular weight excluding hydrogens is 550 g/mol. The van der Waals surface area contributed by atoms with Gasteiger partial charge in [0, 0.05) is 3.57 Å². The van der Waals surface area contributed by atoms with Crippen LogP contribution in [0.1, 0.15) is 21.9 Å². The fourth-order valence-electron chi connectivity index (χ4n) is 2.43. The van der Waals surface area contributed by atoms with Gasteiger partial charge in [-0.1, -0.05) is 0 Å². The number of hydrogen-bond acceptors (Lipinski definition) is 3. The van der Waals surface area contributed by atoms with E-state index in [1.807, 2.05) is 0 Å². The van der Waals surface area contributed by atoms with Crippen LogP contribution in [0.15, 0.2) is 40.8 Å². The predicted molar refractivity (Wildman–Crippen MR) is 101 cm³/mol. The van der Waals surface area contributed by atoms with Crippen molar-refractivity contribution in [2.45, 2.75) is 12.8 Å². The number of ether oxygens (including phenoxy) is 1. The number of hydrogen-bond donors (Lipinski definition) is 1. The summed E-state index contributed by atoms with van der Waals surface area (Å²) in [6, 6.07) is 9.29. The largest absolute Gasteiger partial charge is 0.486 e. The molecule has 0 aliphatic carbocycles. The summed E-state index contributed by atoms with van der Waals surface area (Å²) in [6.07, 6.45) is -5.69. The summed E-state index contributed by atoms with van der Waals surface area (Å²) in [5.74, 6) is -11.5. The quantitative estimate of drug-likeness (QED) is 0.227. The van der Waals surface area contributed by atoms with Gasteiger partial charge in [0.1, 0.15) is 29.4 Å². The molecule has 1 amide bonds. The summed E-state index contributed by atoms with van der Waals surface area (Å²) >= 11 is 2.10. The van der Waals surface area contributed by atoms with Crippen LogP contribution in [-0.2, 0) is 12.8 Å². The van der Waals surface area contributed by atoms with E-state index >= 15 is 0 Å². The fraction of sp³-hybridized carbons (Fsp3) is 0.105. The van der Waals surface area contributed by atoms with Crippen LogP contribution >= 0.6 is 22.6 Å². The molecule has 0 aliphatic heterocycles. The first-order valence-corrected chi connectivity index (χ1v) is 9.28. The van der Waals surface area contributed by atoms with Crippen LogP contribution in [0.25, 0.3) is 0 Å². The maximum Gasteiger partial charge on any atom is 0.422 e. The van der Waals surface area contributed by atoms with Gasteiger partial charge in [-0.25, -0.2) is 17.6 Å². The summed E-state index contributed by atoms with van der Waals surface area (Å²) in [4.78, 5) is 12.1. The molecule has 0 unspecified atom stereocenters. The SMILES string of the molecule is O=C(Nc1c(F)c(F)c(C(F)(F)F)c(F)c1F)c1ccc(COc2ccc(I)cc2)o1. The third-order valence-corrected chi connectivity index (χ3v) is 4.58. The highest BCUT2D eigenvalue weighted by atomic mass is 127. The van der Waals surface area contributed by atoms with Crippen LogP contribution in [0.2, 0.25) is 0 Å². The first-order valence-electron chi connectivity index (χ1n) is 8.20. The minimum atomic E-state index is -5.69. The molecule has 1 N–H and O–H groups in total. The molecule has 0 bridgehead atoms. The highest BCUT2D eigenvalue weighted by Gasteiger charge is 2.42. The Balaban J connectivity index is 1.77. The summed E-state index contributed by atoms with van der Waals surface area (Å²) in [6.45, 7) is -0.125. The highest BCUT2D eigenvalue weighted by molar-refractivity contribution is 14.1. The van der Waals surface area contributed by atoms with E-state index in [1.165, 1.54) is 11.4 Å². The second-order valence-electron chi connectivity index (χ2n) is 5.97. The number of carbonyl (C=O) groups is 1. The van der Waals surface area contributed by atoms with Crippen LogP contribution < -0.4 is 10.1 Å². The fourth-order valence-corrected chi connectivity index (χ4v) is 2.79. The number of anilines is 1. The first kappa shape index (κ1) is 22.9. The second kappa shape index (κ2) is 8.77. The van der Waals surface area contributed by atoms with Gasteiger partial charge in [0.05, 0.1) is 0 Å². The first-order chi connectivity index (χ1) is 14.5. The molecule has 3 aromatic rings. The van der Waals surface area contributed by atoms with E-state index in [9.17, 15) is 35.5 Å². The molecule has 12 heteroatoms. The molecule has 164 valence electrons. The van der Waals surface area contributed by atoms with Gasteiger partial charge in [0.25, 0.3) is 5.91 Å². The van der Waals surface area contributed by atoms with E-state index < -0.39 is 52.4 Å². The predicted octanol–water partition coefficient (Wildman–Crippen LogP) is 6.29. The van der Waals surface area contributed by atoms with Gasteiger partial charge < -0.3 is 14.5 Å². The lowest BCUT2D eigenvalue weighted by atomic mass is 10.1. The number of amides is 1. The Morgan fingerprint density at radius 2 is 1.52 bits per heavy atom. The topological polar surface area (TPSA) is 51.5 Å². The summed E-state index contributed by atoms with van der Waals surface area (Å²) in [5, 5.41) is 1.48. The molecule has 1 aromatic heterocycles. The van der Waals surface area contributed by atoms with Crippen molar-refractivity contribution >= 4 is 34.2 Å². The van der Waals surface area contributed by atoms with Crippen molar-refractivity contribution in [3.8, 4) is 5.75 Å². The summed E-state index contributed by atoms with van der Waals surface area (Å²) < 4.78 is 104. The number of nitrogens with one attached hydrogen (secondary N) is 1. The lowest BCUT2D eigenvalue weighted by Crippen LogP contribution is -2.20. The minimum absolute atomic E-state index is 0.120. The van der Waals surface area contributed by atoms with E-state index in [0.717, 1.165) is 9.64 Å². The standard InChI is InChI=1S/C19H9F7INO3/c20-13-12(19(24,25)26)14(21)16(23)17(15(13)22)28-18(29)11-6-5-10(31-11)7-30-9-3-1-8(27)2-4-9/h1-6H,7H2,(H,28,29). The molecule has 0 spiro atoms. The molecule has 2 aromatic carbocycles. The van der Waals surface area contributed by atoms with Crippen molar-refractivity contribution in [3.63, 3.8) is 0 Å². The molecule has 1 heterocycles. The zero-order valence-electron chi connectivity index (χ0n) is 14.9. The maximum absolute atomic E-state index is 13.9. The Morgan fingerprint density at radius 1 is 0.935 bits per heavy atom. The van der Waals surface area contributed by atoms with Crippen LogP contribution in [0, 0.1) is 26.8 Å². The summed E-state index contributed by atoms with van der Waals surface area (Å²) in [5.41, 5.74) is -4.46. The van der Waals surface area contributed by atoms with Gasteiger partial charge in [0.15, 0.2) is 29.0 Å². The third-order valence-electron chi connectivity index (χ3n) is 3.87. The number of benzene rings is 2. The maximum atomic E-state index is 13.9. The van der Waals surface area contributed by atoms with E-state index in [0.29, 0.717) is 5.75 Å². The van der Waals surface area contributed by atoms with Crippen LogP contribution in [0.4, 0.5) is 36.4 Å². The zero-order chi connectivity index (χ0) is 22.9. The average molecular weight is 559 g/mol. The monoisotopic (exact) mass is 559 g/mol. The Kier molecular flexibility index (Phi) is 6.48. The molecule has 3 rings (SSSR count). The molecule has 0 saturated heterocycles. The molecule has 4 nitrogen and oxygen atoms in total. The third kappa shape index (κ3) is 4.94. The Morgan fingerprint density at radius 3 is 2.06 bits per heavy atom. The van der Waals surface area contributed by atoms with E-state index in [1.54, 1.807) is 24.3 Å². The van der Waals surface area contributed by atoms with Gasteiger partial charge in [-0.05, 0) is 59.0 Å². The molecule has 0 fully saturated rings. The lowest BCUT2D eigenvalue weighted by Gasteiger charge is -2.14. The minimum Gasteiger partial charge on any atom is -0.486 e. The molecule has 0 saturated carbocycles. The van der Waals surface area contributed by atoms with E-state index in [2.05, 4.69) is 22.6 Å². The molecule has 0 aliphatic rings. The Labute approximate surface area is 183 Å². The summed E-state index contributed by atoms with van der Waals surface area (Å²) in [7, 11) is 0. The lowest BCUT2D eigenvalue weighted by molar-refractivity contribution is -0.143. The van der Waals surface area contributed by atoms with E-state index in [4.69, 9.17) is 9.15 Å². The van der Waals surface area contributed by atoms with Gasteiger partial charge in [0.2, 0.25) is 0 Å². The van der Waals surface area contributed by atoms with Crippen LogP contribution in [0.3, 0.4) is 0 Å². The molecular formula is C19H9F7INO3. The van der Waals surface area contributed by atoms with Crippen molar-refractivity contribution < 1.29 is 44.7 Å². The van der Waals surface area contributed by atoms with Crippen molar-refractivity contribution in [1.82, 2.24) is 0 Å². The van der Waals surface area contributed by atoms with Gasteiger partial charge in [-0.3, -0.25) is 4.79 Å². The number of rotatable bonds is 5. The zero-order valence-corrected chi connectivity index (χ0v) is 17.1. The smallest absolute Gasteiger partial charge is 0.422 e. The van der Waals surface area contributed by atoms with Crippen molar-refractivity contribution in [2.75, 3.05) is 5.32 Å². The number of carbonyl (C=O) groups excluding carboxylic acids is 1. The molecule has 0 atom stereocenters.